The summed E-state index contributed by atoms with van der Waals surface area (Å²) in [6.45, 7) is 0. The molecule has 2 atom stereocenters. The quantitative estimate of drug-likeness (QED) is 0.577. The van der Waals surface area contributed by atoms with Crippen molar-refractivity contribution < 1.29 is 0 Å². The normalized spacial score (nSPS) is 12.5. The third-order valence-corrected chi connectivity index (χ3v) is 4.85. The molecule has 0 aliphatic rings. The average molecular weight is 393 g/mol. The van der Waals surface area contributed by atoms with Crippen molar-refractivity contribution in [2.75, 3.05) is 28.2 Å². The molecule has 0 aromatic heterocycles. The van der Waals surface area contributed by atoms with E-state index < -0.39 is 0 Å². The predicted octanol–water partition coefficient (Wildman–Crippen LogP) is 5.00. The first kappa shape index (κ1) is 21.4. The molecule has 30 heavy (non-hydrogen) atoms. The first-order chi connectivity index (χ1) is 14.5. The fourth-order valence-electron chi connectivity index (χ4n) is 3.23. The maximum Gasteiger partial charge on any atom is 0.0969 e. The fourth-order valence-corrected chi connectivity index (χ4v) is 3.23. The molecule has 0 aliphatic carbocycles. The SMILES string of the molecule is CN(C)C(C#Cc1ccc(C#CC(c2ccccc2)N(C)C)cc1)c1ccccc1. The lowest BCUT2D eigenvalue weighted by Gasteiger charge is -2.19. The molecule has 3 aromatic carbocycles. The van der Waals surface area contributed by atoms with Gasteiger partial charge in [-0.05, 0) is 63.6 Å². The Bertz CT molecular complexity index is 956. The molecule has 0 aliphatic heterocycles. The topological polar surface area (TPSA) is 6.48 Å². The first-order valence-electron chi connectivity index (χ1n) is 10.1. The number of hydrogen-bond donors (Lipinski definition) is 0. The largest absolute Gasteiger partial charge is 0.292 e. The van der Waals surface area contributed by atoms with Gasteiger partial charge in [0.15, 0.2) is 0 Å². The predicted molar refractivity (Wildman–Crippen MR) is 126 cm³/mol. The van der Waals surface area contributed by atoms with Crippen LogP contribution in [0.15, 0.2) is 84.9 Å². The zero-order chi connectivity index (χ0) is 21.3. The Morgan fingerprint density at radius 3 is 1.13 bits per heavy atom. The number of nitrogens with zero attached hydrogens (tertiary/aromatic N) is 2. The van der Waals surface area contributed by atoms with E-state index in [0.29, 0.717) is 0 Å². The molecule has 3 rings (SSSR count). The maximum absolute atomic E-state index is 3.39. The maximum atomic E-state index is 3.39. The summed E-state index contributed by atoms with van der Waals surface area (Å²) in [5.41, 5.74) is 4.40. The van der Waals surface area contributed by atoms with Crippen molar-refractivity contribution in [2.45, 2.75) is 12.1 Å². The zero-order valence-electron chi connectivity index (χ0n) is 18.1. The molecule has 0 saturated heterocycles. The van der Waals surface area contributed by atoms with Gasteiger partial charge in [0.1, 0.15) is 0 Å². The summed E-state index contributed by atoms with van der Waals surface area (Å²) in [6.07, 6.45) is 0. The van der Waals surface area contributed by atoms with E-state index in [-0.39, 0.29) is 12.1 Å². The Balaban J connectivity index is 1.76. The summed E-state index contributed by atoms with van der Waals surface area (Å²) in [6, 6.07) is 29.0. The molecule has 0 heterocycles. The van der Waals surface area contributed by atoms with Crippen LogP contribution in [0.4, 0.5) is 0 Å². The molecule has 0 radical (unpaired) electrons. The van der Waals surface area contributed by atoms with Gasteiger partial charge in [-0.2, -0.15) is 0 Å². The van der Waals surface area contributed by atoms with Crippen molar-refractivity contribution in [1.29, 1.82) is 0 Å². The summed E-state index contributed by atoms with van der Waals surface area (Å²) < 4.78 is 0. The minimum Gasteiger partial charge on any atom is -0.292 e. The molecule has 0 spiro atoms. The number of hydrogen-bond acceptors (Lipinski definition) is 2. The summed E-state index contributed by atoms with van der Waals surface area (Å²) in [5.74, 6) is 13.4. The Labute approximate surface area is 181 Å². The van der Waals surface area contributed by atoms with Gasteiger partial charge < -0.3 is 0 Å². The summed E-state index contributed by atoms with van der Waals surface area (Å²) in [4.78, 5) is 4.26. The monoisotopic (exact) mass is 392 g/mol. The van der Waals surface area contributed by atoms with E-state index in [4.69, 9.17) is 0 Å². The van der Waals surface area contributed by atoms with Crippen molar-refractivity contribution >= 4 is 0 Å². The van der Waals surface area contributed by atoms with Crippen molar-refractivity contribution in [3.8, 4) is 23.7 Å². The highest BCUT2D eigenvalue weighted by molar-refractivity contribution is 5.44. The van der Waals surface area contributed by atoms with Crippen molar-refractivity contribution in [1.82, 2.24) is 9.80 Å². The second-order valence-electron chi connectivity index (χ2n) is 7.67. The molecule has 0 saturated carbocycles. The Kier molecular flexibility index (Phi) is 7.47. The molecular formula is C28H28N2. The van der Waals surface area contributed by atoms with E-state index in [1.165, 1.54) is 11.1 Å². The molecule has 3 aromatic rings. The van der Waals surface area contributed by atoms with E-state index >= 15 is 0 Å². The van der Waals surface area contributed by atoms with Gasteiger partial charge in [-0.25, -0.2) is 0 Å². The minimum atomic E-state index is 0.0670. The van der Waals surface area contributed by atoms with E-state index in [0.717, 1.165) is 11.1 Å². The average Bonchev–Trinajstić information content (AvgIpc) is 2.76. The number of rotatable bonds is 4. The second-order valence-corrected chi connectivity index (χ2v) is 7.67. The van der Waals surface area contributed by atoms with Crippen LogP contribution in [0.5, 0.6) is 0 Å². The smallest absolute Gasteiger partial charge is 0.0969 e. The van der Waals surface area contributed by atoms with Crippen LogP contribution in [0.2, 0.25) is 0 Å². The van der Waals surface area contributed by atoms with E-state index in [1.807, 2.05) is 36.4 Å². The lowest BCUT2D eigenvalue weighted by atomic mass is 10.0. The number of benzene rings is 3. The van der Waals surface area contributed by atoms with Gasteiger partial charge in [-0.1, -0.05) is 84.3 Å². The van der Waals surface area contributed by atoms with Crippen LogP contribution in [0.1, 0.15) is 34.3 Å². The van der Waals surface area contributed by atoms with Crippen LogP contribution in [0.25, 0.3) is 0 Å². The van der Waals surface area contributed by atoms with Crippen LogP contribution in [-0.2, 0) is 0 Å². The van der Waals surface area contributed by atoms with Gasteiger partial charge >= 0.3 is 0 Å². The van der Waals surface area contributed by atoms with E-state index in [1.54, 1.807) is 0 Å². The molecule has 150 valence electrons. The van der Waals surface area contributed by atoms with Gasteiger partial charge in [0.05, 0.1) is 12.1 Å². The van der Waals surface area contributed by atoms with Crippen molar-refractivity contribution in [3.05, 3.63) is 107 Å². The van der Waals surface area contributed by atoms with Crippen molar-refractivity contribution in [3.63, 3.8) is 0 Å². The highest BCUT2D eigenvalue weighted by Gasteiger charge is 2.10. The van der Waals surface area contributed by atoms with Gasteiger partial charge in [0, 0.05) is 11.1 Å². The first-order valence-corrected chi connectivity index (χ1v) is 10.1. The van der Waals surface area contributed by atoms with Crippen molar-refractivity contribution in [2.24, 2.45) is 0 Å². The molecule has 2 unspecified atom stereocenters. The lowest BCUT2D eigenvalue weighted by Crippen LogP contribution is -2.18. The van der Waals surface area contributed by atoms with E-state index in [9.17, 15) is 0 Å². The van der Waals surface area contributed by atoms with Gasteiger partial charge in [-0.15, -0.1) is 0 Å². The summed E-state index contributed by atoms with van der Waals surface area (Å²) in [5, 5.41) is 0. The molecule has 0 bridgehead atoms. The van der Waals surface area contributed by atoms with Crippen LogP contribution >= 0.6 is 0 Å². The lowest BCUT2D eigenvalue weighted by molar-refractivity contribution is 0.361. The van der Waals surface area contributed by atoms with Crippen LogP contribution < -0.4 is 0 Å². The minimum absolute atomic E-state index is 0.0670. The summed E-state index contributed by atoms with van der Waals surface area (Å²) in [7, 11) is 8.22. The van der Waals surface area contributed by atoms with E-state index in [2.05, 4.69) is 110 Å². The van der Waals surface area contributed by atoms with Gasteiger partial charge in [0.2, 0.25) is 0 Å². The zero-order valence-corrected chi connectivity index (χ0v) is 18.1. The molecule has 0 fully saturated rings. The second kappa shape index (κ2) is 10.5. The highest BCUT2D eigenvalue weighted by atomic mass is 15.1. The fraction of sp³-hybridized carbons (Fsp3) is 0.214. The Hall–Kier alpha value is -3.30. The summed E-state index contributed by atoms with van der Waals surface area (Å²) >= 11 is 0. The molecule has 0 amide bonds. The molecule has 0 N–H and O–H groups in total. The third kappa shape index (κ3) is 5.85. The van der Waals surface area contributed by atoms with Gasteiger partial charge in [-0.3, -0.25) is 9.80 Å². The molecule has 2 nitrogen and oxygen atoms in total. The Morgan fingerprint density at radius 1 is 0.500 bits per heavy atom. The van der Waals surface area contributed by atoms with Gasteiger partial charge in [0.25, 0.3) is 0 Å². The molecule has 2 heteroatoms. The standard InChI is InChI=1S/C28H28N2/c1-29(2)27(25-11-7-5-8-12-25)21-19-23-15-17-24(18-16-23)20-22-28(30(3)4)26-13-9-6-10-14-26/h5-18,27-28H,1-4H3. The van der Waals surface area contributed by atoms with Crippen LogP contribution in [-0.4, -0.2) is 38.0 Å². The third-order valence-electron chi connectivity index (χ3n) is 4.85. The van der Waals surface area contributed by atoms with Crippen LogP contribution in [0, 0.1) is 23.7 Å². The Morgan fingerprint density at radius 2 is 0.833 bits per heavy atom. The van der Waals surface area contributed by atoms with Crippen LogP contribution in [0.3, 0.4) is 0 Å². The molecular weight excluding hydrogens is 364 g/mol. The highest BCUT2D eigenvalue weighted by Crippen LogP contribution is 2.18.